The SMILES string of the molecule is CC(C)(C)[Si](C)(C)OC[C@H]1O[C@@H](n2cnc3c(Cl)nc(Br)nc32)[C@H](O[Si](C)(C)C(C)(C)C)[C@@H]1O[Si](C)(C)C(C)(C)C. The first kappa shape index (κ1) is 35.3. The Kier molecular flexibility index (Phi) is 10.0. The summed E-state index contributed by atoms with van der Waals surface area (Å²) in [4.78, 5) is 13.4. The second-order valence-electron chi connectivity index (χ2n) is 15.9. The zero-order chi connectivity index (χ0) is 31.6. The van der Waals surface area contributed by atoms with Crippen molar-refractivity contribution in [3.8, 4) is 0 Å². The minimum Gasteiger partial charge on any atom is -0.414 e. The van der Waals surface area contributed by atoms with E-state index < -0.39 is 37.3 Å². The zero-order valence-electron chi connectivity index (χ0n) is 27.8. The molecule has 1 aliphatic rings. The summed E-state index contributed by atoms with van der Waals surface area (Å²) in [6, 6.07) is 0. The van der Waals surface area contributed by atoms with Crippen molar-refractivity contribution in [1.29, 1.82) is 0 Å². The molecule has 13 heteroatoms. The fraction of sp³-hybridized carbons (Fsp3) is 0.821. The Morgan fingerprint density at radius 2 is 1.32 bits per heavy atom. The highest BCUT2D eigenvalue weighted by Gasteiger charge is 2.55. The Labute approximate surface area is 264 Å². The van der Waals surface area contributed by atoms with E-state index in [1.165, 1.54) is 0 Å². The van der Waals surface area contributed by atoms with Crippen LogP contribution in [0.15, 0.2) is 11.1 Å². The van der Waals surface area contributed by atoms with Gasteiger partial charge < -0.3 is 18.0 Å². The van der Waals surface area contributed by atoms with Crippen molar-refractivity contribution < 1.29 is 18.0 Å². The van der Waals surface area contributed by atoms with Gasteiger partial charge in [0.05, 0.1) is 12.9 Å². The monoisotopic (exact) mass is 706 g/mol. The molecule has 3 rings (SSSR count). The molecule has 41 heavy (non-hydrogen) atoms. The lowest BCUT2D eigenvalue weighted by atomic mass is 10.1. The van der Waals surface area contributed by atoms with E-state index in [2.05, 4.69) is 132 Å². The Bertz CT molecular complexity index is 1240. The summed E-state index contributed by atoms with van der Waals surface area (Å²) < 4.78 is 30.5. The van der Waals surface area contributed by atoms with Crippen LogP contribution in [0.3, 0.4) is 0 Å². The average molecular weight is 708 g/mol. The summed E-state index contributed by atoms with van der Waals surface area (Å²) in [5.41, 5.74) is 1.11. The maximum Gasteiger partial charge on any atom is 0.200 e. The van der Waals surface area contributed by atoms with Gasteiger partial charge in [-0.25, -0.2) is 15.0 Å². The fourth-order valence-electron chi connectivity index (χ4n) is 3.92. The van der Waals surface area contributed by atoms with Crippen LogP contribution in [0.5, 0.6) is 0 Å². The first-order chi connectivity index (χ1) is 18.3. The first-order valence-corrected chi connectivity index (χ1v) is 24.4. The topological polar surface area (TPSA) is 80.5 Å². The number of nitrogens with zero attached hydrogens (tertiary/aromatic N) is 4. The van der Waals surface area contributed by atoms with E-state index in [0.29, 0.717) is 22.5 Å². The van der Waals surface area contributed by atoms with Crippen LogP contribution in [0.25, 0.3) is 11.2 Å². The Hall–Kier alpha value is -0.189. The van der Waals surface area contributed by atoms with E-state index in [-0.39, 0.29) is 32.5 Å². The lowest BCUT2D eigenvalue weighted by Gasteiger charge is -2.44. The molecule has 1 aliphatic heterocycles. The predicted octanol–water partition coefficient (Wildman–Crippen LogP) is 8.94. The predicted molar refractivity (Wildman–Crippen MR) is 179 cm³/mol. The molecule has 0 spiro atoms. The van der Waals surface area contributed by atoms with Crippen LogP contribution in [0.2, 0.25) is 59.5 Å². The van der Waals surface area contributed by atoms with Crippen molar-refractivity contribution in [3.63, 3.8) is 0 Å². The molecule has 1 saturated heterocycles. The van der Waals surface area contributed by atoms with E-state index in [0.717, 1.165) is 0 Å². The normalized spacial score (nSPS) is 23.5. The van der Waals surface area contributed by atoms with Gasteiger partial charge in [0.25, 0.3) is 0 Å². The molecule has 0 aromatic carbocycles. The van der Waals surface area contributed by atoms with E-state index in [9.17, 15) is 0 Å². The summed E-state index contributed by atoms with van der Waals surface area (Å²) in [6.45, 7) is 34.4. The average Bonchev–Trinajstić information content (AvgIpc) is 3.31. The first-order valence-electron chi connectivity index (χ1n) is 14.5. The van der Waals surface area contributed by atoms with E-state index in [1.807, 2.05) is 4.57 Å². The number of rotatable bonds is 8. The highest BCUT2D eigenvalue weighted by Crippen LogP contribution is 2.47. The van der Waals surface area contributed by atoms with E-state index >= 15 is 0 Å². The minimum atomic E-state index is -2.27. The third kappa shape index (κ3) is 7.38. The van der Waals surface area contributed by atoms with Crippen LogP contribution in [0.4, 0.5) is 0 Å². The summed E-state index contributed by atoms with van der Waals surface area (Å²) in [5.74, 6) is 0. The number of aromatic nitrogens is 4. The van der Waals surface area contributed by atoms with Crippen molar-refractivity contribution in [2.75, 3.05) is 6.61 Å². The van der Waals surface area contributed by atoms with Crippen molar-refractivity contribution in [2.45, 2.75) is 141 Å². The third-order valence-electron chi connectivity index (χ3n) is 9.80. The Morgan fingerprint density at radius 1 is 0.829 bits per heavy atom. The number of hydrogen-bond acceptors (Lipinski definition) is 7. The van der Waals surface area contributed by atoms with Gasteiger partial charge in [0.1, 0.15) is 23.8 Å². The van der Waals surface area contributed by atoms with Crippen LogP contribution < -0.4 is 0 Å². The maximum absolute atomic E-state index is 7.24. The zero-order valence-corrected chi connectivity index (χ0v) is 33.1. The van der Waals surface area contributed by atoms with Gasteiger partial charge in [-0.05, 0) is 70.3 Å². The van der Waals surface area contributed by atoms with Crippen molar-refractivity contribution in [2.24, 2.45) is 0 Å². The minimum absolute atomic E-state index is 0.00473. The molecule has 4 atom stereocenters. The molecule has 0 unspecified atom stereocenters. The van der Waals surface area contributed by atoms with Crippen LogP contribution >= 0.6 is 27.5 Å². The van der Waals surface area contributed by atoms with Crippen molar-refractivity contribution >= 4 is 63.6 Å². The number of fused-ring (bicyclic) bond motifs is 1. The molecule has 0 radical (unpaired) electrons. The quantitative estimate of drug-likeness (QED) is 0.154. The molecule has 1 fully saturated rings. The van der Waals surface area contributed by atoms with Gasteiger partial charge in [-0.15, -0.1) is 0 Å². The lowest BCUT2D eigenvalue weighted by Crippen LogP contribution is -2.54. The van der Waals surface area contributed by atoms with Gasteiger partial charge in [-0.2, -0.15) is 0 Å². The van der Waals surface area contributed by atoms with Gasteiger partial charge >= 0.3 is 0 Å². The van der Waals surface area contributed by atoms with Gasteiger partial charge in [-0.3, -0.25) is 4.57 Å². The third-order valence-corrected chi connectivity index (χ3v) is 23.9. The second-order valence-corrected chi connectivity index (χ2v) is 31.3. The van der Waals surface area contributed by atoms with E-state index in [1.54, 1.807) is 6.33 Å². The fourth-order valence-corrected chi connectivity index (χ4v) is 8.20. The van der Waals surface area contributed by atoms with Crippen molar-refractivity contribution in [1.82, 2.24) is 19.5 Å². The number of imidazole rings is 1. The van der Waals surface area contributed by atoms with Crippen LogP contribution in [-0.4, -0.2) is 69.4 Å². The van der Waals surface area contributed by atoms with Crippen LogP contribution in [0, 0.1) is 0 Å². The summed E-state index contributed by atoms with van der Waals surface area (Å²) >= 11 is 9.87. The molecule has 0 bridgehead atoms. The Morgan fingerprint density at radius 3 is 1.80 bits per heavy atom. The van der Waals surface area contributed by atoms with Gasteiger partial charge in [0.2, 0.25) is 0 Å². The molecule has 2 aromatic heterocycles. The molecule has 8 nitrogen and oxygen atoms in total. The molecular formula is C28H52BrClN4O4Si3. The lowest BCUT2D eigenvalue weighted by molar-refractivity contribution is -0.0470. The largest absolute Gasteiger partial charge is 0.414 e. The molecule has 0 aliphatic carbocycles. The van der Waals surface area contributed by atoms with Gasteiger partial charge in [0.15, 0.2) is 46.7 Å². The number of halogens is 2. The standard InChI is InChI=1S/C28H52BrClN4O4Si3/c1-26(2,3)39(10,11)35-16-18-20(37-40(12,13)27(4,5)6)21(38-41(14,15)28(7,8)9)24(36-18)34-17-31-19-22(30)32-25(29)33-23(19)34/h17-18,20-21,24H,16H2,1-15H3/t18-,20-,21-,24-/m1/s1. The summed E-state index contributed by atoms with van der Waals surface area (Å²) in [5, 5.41) is 0.344. The number of ether oxygens (including phenoxy) is 1. The molecule has 0 saturated carbocycles. The van der Waals surface area contributed by atoms with Crippen molar-refractivity contribution in [3.05, 3.63) is 16.2 Å². The second kappa shape index (κ2) is 11.6. The molecule has 2 aromatic rings. The van der Waals surface area contributed by atoms with E-state index in [4.69, 9.17) is 29.6 Å². The number of hydrogen-bond donors (Lipinski definition) is 0. The molecule has 3 heterocycles. The Balaban J connectivity index is 2.18. The molecule has 0 amide bonds. The van der Waals surface area contributed by atoms with Crippen LogP contribution in [0.1, 0.15) is 68.5 Å². The van der Waals surface area contributed by atoms with Gasteiger partial charge in [0, 0.05) is 0 Å². The molecule has 234 valence electrons. The molecular weight excluding hydrogens is 656 g/mol. The smallest absolute Gasteiger partial charge is 0.200 e. The maximum atomic E-state index is 7.24. The summed E-state index contributed by atoms with van der Waals surface area (Å²) in [6.07, 6.45) is 0.122. The van der Waals surface area contributed by atoms with Gasteiger partial charge in [-0.1, -0.05) is 73.9 Å². The summed E-state index contributed by atoms with van der Waals surface area (Å²) in [7, 11) is -6.58. The highest BCUT2D eigenvalue weighted by molar-refractivity contribution is 9.10. The highest BCUT2D eigenvalue weighted by atomic mass is 79.9. The molecule has 0 N–H and O–H groups in total. The van der Waals surface area contributed by atoms with Crippen LogP contribution in [-0.2, 0) is 18.0 Å².